The molecule has 4 rings (SSSR count). The standard InChI is InChI=1S/C27H36FN7O5/c1-16(2)20-14-34(26(39)23-31-27(40-4)33(3)32-23)15-22(36)29-11-5-7-17-9-10-19(28)18(13-17)25(38)35-12-6-8-21(35)24(37)30-20/h9-10,13,16,20-21H,5-8,11-12,14-15H2,1-4H3,(H,29,36)(H,30,37)/t20-,21-/m0/s1. The number of aryl methyl sites for hydroxylation is 2. The predicted octanol–water partition coefficient (Wildman–Crippen LogP) is 0.913. The maximum atomic E-state index is 14.7. The van der Waals surface area contributed by atoms with E-state index in [9.17, 15) is 23.6 Å². The molecule has 2 aliphatic heterocycles. The zero-order valence-corrected chi connectivity index (χ0v) is 23.3. The fourth-order valence-electron chi connectivity index (χ4n) is 5.02. The predicted molar refractivity (Wildman–Crippen MR) is 142 cm³/mol. The SMILES string of the molecule is COc1nc(C(=O)N2CC(=O)NCCCc3ccc(F)c(c3)C(=O)N3CCC[C@H]3C(=O)N[C@H](C(C)C)C2)nn1C. The van der Waals surface area contributed by atoms with Gasteiger partial charge in [0, 0.05) is 32.7 Å². The van der Waals surface area contributed by atoms with Crippen LogP contribution in [-0.2, 0) is 23.1 Å². The molecule has 0 aliphatic carbocycles. The largest absolute Gasteiger partial charge is 0.467 e. The molecule has 1 aromatic heterocycles. The van der Waals surface area contributed by atoms with Crippen molar-refractivity contribution in [1.29, 1.82) is 0 Å². The smallest absolute Gasteiger partial charge is 0.314 e. The number of hydrogen-bond acceptors (Lipinski definition) is 7. The van der Waals surface area contributed by atoms with Gasteiger partial charge in [-0.25, -0.2) is 9.07 Å². The highest BCUT2D eigenvalue weighted by Crippen LogP contribution is 2.23. The Morgan fingerprint density at radius 3 is 2.67 bits per heavy atom. The highest BCUT2D eigenvalue weighted by Gasteiger charge is 2.37. The molecule has 216 valence electrons. The summed E-state index contributed by atoms with van der Waals surface area (Å²) in [5, 5.41) is 9.92. The Balaban J connectivity index is 1.65. The highest BCUT2D eigenvalue weighted by atomic mass is 19.1. The molecule has 2 N–H and O–H groups in total. The molecule has 1 aromatic carbocycles. The van der Waals surface area contributed by atoms with Crippen LogP contribution >= 0.6 is 0 Å². The van der Waals surface area contributed by atoms with Crippen molar-refractivity contribution in [2.45, 2.75) is 51.6 Å². The van der Waals surface area contributed by atoms with E-state index in [0.717, 1.165) is 5.56 Å². The molecule has 3 heterocycles. The molecular weight excluding hydrogens is 521 g/mol. The number of halogens is 1. The van der Waals surface area contributed by atoms with E-state index in [1.165, 1.54) is 33.7 Å². The molecule has 13 heteroatoms. The fourth-order valence-corrected chi connectivity index (χ4v) is 5.02. The van der Waals surface area contributed by atoms with Gasteiger partial charge in [-0.05, 0) is 49.3 Å². The molecule has 1 fully saturated rings. The zero-order chi connectivity index (χ0) is 29.0. The van der Waals surface area contributed by atoms with Crippen LogP contribution in [0.15, 0.2) is 18.2 Å². The van der Waals surface area contributed by atoms with E-state index in [1.807, 2.05) is 13.8 Å². The van der Waals surface area contributed by atoms with Gasteiger partial charge in [0.2, 0.25) is 17.6 Å². The summed E-state index contributed by atoms with van der Waals surface area (Å²) in [6.45, 7) is 4.16. The zero-order valence-electron chi connectivity index (χ0n) is 23.3. The Morgan fingerprint density at radius 1 is 1.20 bits per heavy atom. The van der Waals surface area contributed by atoms with Gasteiger partial charge in [-0.1, -0.05) is 19.9 Å². The third kappa shape index (κ3) is 6.40. The Kier molecular flexibility index (Phi) is 9.00. The molecule has 2 aromatic rings. The van der Waals surface area contributed by atoms with Crippen molar-refractivity contribution in [2.24, 2.45) is 13.0 Å². The summed E-state index contributed by atoms with van der Waals surface area (Å²) in [4.78, 5) is 60.1. The van der Waals surface area contributed by atoms with Gasteiger partial charge in [-0.2, -0.15) is 4.98 Å². The quantitative estimate of drug-likeness (QED) is 0.572. The maximum Gasteiger partial charge on any atom is 0.314 e. The first kappa shape index (κ1) is 29.0. The number of nitrogens with one attached hydrogen (secondary N) is 2. The monoisotopic (exact) mass is 557 g/mol. The van der Waals surface area contributed by atoms with Gasteiger partial charge >= 0.3 is 6.01 Å². The number of methoxy groups -OCH3 is 1. The van der Waals surface area contributed by atoms with E-state index in [-0.39, 0.29) is 48.2 Å². The van der Waals surface area contributed by atoms with Crippen LogP contribution in [-0.4, -0.2) is 93.6 Å². The number of aromatic nitrogens is 3. The second kappa shape index (κ2) is 12.4. The molecule has 40 heavy (non-hydrogen) atoms. The van der Waals surface area contributed by atoms with E-state index in [0.29, 0.717) is 38.8 Å². The van der Waals surface area contributed by atoms with E-state index in [4.69, 9.17) is 4.74 Å². The van der Waals surface area contributed by atoms with Crippen molar-refractivity contribution in [2.75, 3.05) is 33.3 Å². The van der Waals surface area contributed by atoms with Gasteiger partial charge in [0.05, 0.1) is 12.7 Å². The van der Waals surface area contributed by atoms with Crippen LogP contribution in [0.3, 0.4) is 0 Å². The van der Waals surface area contributed by atoms with Crippen LogP contribution in [0.4, 0.5) is 4.39 Å². The van der Waals surface area contributed by atoms with Crippen molar-refractivity contribution < 1.29 is 28.3 Å². The summed E-state index contributed by atoms with van der Waals surface area (Å²) in [5.74, 6) is -2.79. The van der Waals surface area contributed by atoms with Gasteiger partial charge in [-0.3, -0.25) is 19.2 Å². The third-order valence-electron chi connectivity index (χ3n) is 7.31. The van der Waals surface area contributed by atoms with E-state index < -0.39 is 29.7 Å². The van der Waals surface area contributed by atoms with Crippen LogP contribution in [0.5, 0.6) is 6.01 Å². The first-order valence-corrected chi connectivity index (χ1v) is 13.5. The number of amides is 4. The first-order valence-electron chi connectivity index (χ1n) is 13.5. The molecule has 0 spiro atoms. The molecule has 1 saturated heterocycles. The number of nitrogens with zero attached hydrogens (tertiary/aromatic N) is 5. The lowest BCUT2D eigenvalue weighted by atomic mass is 10.0. The van der Waals surface area contributed by atoms with Crippen LogP contribution in [0.2, 0.25) is 0 Å². The molecule has 0 unspecified atom stereocenters. The van der Waals surface area contributed by atoms with Crippen molar-refractivity contribution >= 4 is 23.6 Å². The topological polar surface area (TPSA) is 139 Å². The van der Waals surface area contributed by atoms with Crippen LogP contribution in [0, 0.1) is 11.7 Å². The van der Waals surface area contributed by atoms with Crippen molar-refractivity contribution in [1.82, 2.24) is 35.2 Å². The minimum atomic E-state index is -0.776. The highest BCUT2D eigenvalue weighted by molar-refractivity contribution is 5.98. The number of ether oxygens (including phenoxy) is 1. The number of benzene rings is 1. The Bertz CT molecular complexity index is 1280. The lowest BCUT2D eigenvalue weighted by Gasteiger charge is -2.32. The second-order valence-corrected chi connectivity index (χ2v) is 10.5. The number of rotatable bonds is 3. The molecule has 12 nitrogen and oxygen atoms in total. The number of carbonyl (C=O) groups excluding carboxylic acids is 4. The fraction of sp³-hybridized carbons (Fsp3) is 0.556. The Hall–Kier alpha value is -4.03. The first-order chi connectivity index (χ1) is 19.1. The third-order valence-corrected chi connectivity index (χ3v) is 7.31. The molecule has 0 saturated carbocycles. The molecule has 2 bridgehead atoms. The van der Waals surface area contributed by atoms with Gasteiger partial charge in [-0.15, -0.1) is 5.10 Å². The Morgan fingerprint density at radius 2 is 1.98 bits per heavy atom. The molecule has 2 aliphatic rings. The Labute approximate surface area is 232 Å². The summed E-state index contributed by atoms with van der Waals surface area (Å²) >= 11 is 0. The maximum absolute atomic E-state index is 14.7. The average molecular weight is 558 g/mol. The summed E-state index contributed by atoms with van der Waals surface area (Å²) in [7, 11) is 2.99. The number of carbonyl (C=O) groups is 4. The minimum Gasteiger partial charge on any atom is -0.467 e. The lowest BCUT2D eigenvalue weighted by Crippen LogP contribution is -2.55. The molecule has 0 radical (unpaired) electrons. The van der Waals surface area contributed by atoms with E-state index in [1.54, 1.807) is 13.1 Å². The number of fused-ring (bicyclic) bond motifs is 3. The average Bonchev–Trinajstić information content (AvgIpc) is 3.56. The van der Waals surface area contributed by atoms with Crippen molar-refractivity contribution in [3.05, 3.63) is 41.0 Å². The normalized spacial score (nSPS) is 21.1. The van der Waals surface area contributed by atoms with Gasteiger partial charge in [0.1, 0.15) is 18.4 Å². The van der Waals surface area contributed by atoms with E-state index in [2.05, 4.69) is 20.7 Å². The minimum absolute atomic E-state index is 0.00625. The summed E-state index contributed by atoms with van der Waals surface area (Å²) in [6, 6.07) is 3.20. The van der Waals surface area contributed by atoms with Crippen molar-refractivity contribution in [3.8, 4) is 6.01 Å². The van der Waals surface area contributed by atoms with Gasteiger partial charge in [0.25, 0.3) is 11.8 Å². The van der Waals surface area contributed by atoms with Crippen LogP contribution in [0.25, 0.3) is 0 Å². The molecular formula is C27H36FN7O5. The molecule has 4 amide bonds. The van der Waals surface area contributed by atoms with Crippen molar-refractivity contribution in [3.63, 3.8) is 0 Å². The summed E-state index contributed by atoms with van der Waals surface area (Å²) in [5.41, 5.74) is 0.677. The van der Waals surface area contributed by atoms with Gasteiger partial charge in [0.15, 0.2) is 0 Å². The second-order valence-electron chi connectivity index (χ2n) is 10.5. The van der Waals surface area contributed by atoms with Crippen LogP contribution < -0.4 is 15.4 Å². The summed E-state index contributed by atoms with van der Waals surface area (Å²) < 4.78 is 21.2. The number of hydrogen-bond donors (Lipinski definition) is 2. The van der Waals surface area contributed by atoms with E-state index >= 15 is 0 Å². The summed E-state index contributed by atoms with van der Waals surface area (Å²) in [6.07, 6.45) is 2.08. The lowest BCUT2D eigenvalue weighted by molar-refractivity contribution is -0.126. The van der Waals surface area contributed by atoms with Crippen LogP contribution in [0.1, 0.15) is 59.7 Å². The molecule has 2 atom stereocenters. The van der Waals surface area contributed by atoms with Gasteiger partial charge < -0.3 is 25.2 Å².